The smallest absolute Gasteiger partial charge is 0.384 e. The number of phosphoric ester groups is 1. The summed E-state index contributed by atoms with van der Waals surface area (Å²) >= 11 is 5.04. The fourth-order valence-corrected chi connectivity index (χ4v) is 3.35. The summed E-state index contributed by atoms with van der Waals surface area (Å²) in [4.78, 5) is 10.2. The van der Waals surface area contributed by atoms with Crippen molar-refractivity contribution in [2.24, 2.45) is 5.92 Å². The van der Waals surface area contributed by atoms with Gasteiger partial charge in [0.25, 0.3) is 0 Å². The van der Waals surface area contributed by atoms with E-state index in [1.807, 2.05) is 0 Å². The molecule has 1 aliphatic carbocycles. The van der Waals surface area contributed by atoms with E-state index >= 15 is 0 Å². The van der Waals surface area contributed by atoms with Gasteiger partial charge in [-0.05, 0) is 13.3 Å². The second-order valence-electron chi connectivity index (χ2n) is 4.68. The second-order valence-corrected chi connectivity index (χ2v) is 6.81. The van der Waals surface area contributed by atoms with Crippen molar-refractivity contribution in [3.63, 3.8) is 0 Å². The van der Waals surface area contributed by atoms with Crippen LogP contribution >= 0.6 is 20.0 Å². The molecule has 0 radical (unpaired) electrons. The Hall–Kier alpha value is -0.0800. The predicted molar refractivity (Wildman–Crippen MR) is 77.7 cm³/mol. The molecular formula is C11H22NO6PS. The Kier molecular flexibility index (Phi) is 7.00. The maximum absolute atomic E-state index is 11.6. The van der Waals surface area contributed by atoms with Crippen LogP contribution in [0.1, 0.15) is 13.3 Å². The number of hydrogen-bond donors (Lipinski definition) is 2. The molecule has 0 aromatic rings. The molecule has 0 aromatic heterocycles. The van der Waals surface area contributed by atoms with Crippen LogP contribution in [0.15, 0.2) is 0 Å². The molecule has 118 valence electrons. The quantitative estimate of drug-likeness (QED) is 0.531. The first kappa shape index (κ1) is 18.0. The first-order valence-corrected chi connectivity index (χ1v) is 8.10. The molecule has 0 aliphatic heterocycles. The third-order valence-electron chi connectivity index (χ3n) is 3.27. The van der Waals surface area contributed by atoms with E-state index in [1.165, 1.54) is 7.11 Å². The van der Waals surface area contributed by atoms with Gasteiger partial charge in [0.2, 0.25) is 0 Å². The van der Waals surface area contributed by atoms with Gasteiger partial charge in [-0.1, -0.05) is 12.2 Å². The molecule has 9 heteroatoms. The van der Waals surface area contributed by atoms with Crippen LogP contribution in [0.4, 0.5) is 0 Å². The average Bonchev–Trinajstić information content (AvgIpc) is 2.66. The lowest BCUT2D eigenvalue weighted by molar-refractivity contribution is -0.0282. The normalized spacial score (nSPS) is 32.9. The second kappa shape index (κ2) is 7.79. The first-order valence-electron chi connectivity index (χ1n) is 6.20. The van der Waals surface area contributed by atoms with Crippen LogP contribution in [0.5, 0.6) is 0 Å². The predicted octanol–water partition coefficient (Wildman–Crippen LogP) is 1.11. The zero-order valence-electron chi connectivity index (χ0n) is 12.1. The zero-order chi connectivity index (χ0) is 15.3. The van der Waals surface area contributed by atoms with Gasteiger partial charge in [-0.2, -0.15) is 0 Å². The van der Waals surface area contributed by atoms with Crippen molar-refractivity contribution in [2.75, 3.05) is 27.9 Å². The summed E-state index contributed by atoms with van der Waals surface area (Å²) in [6, 6.07) is -0.0977. The van der Waals surface area contributed by atoms with Gasteiger partial charge in [-0.15, -0.1) is 0 Å². The third kappa shape index (κ3) is 4.73. The van der Waals surface area contributed by atoms with Crippen molar-refractivity contribution in [1.82, 2.24) is 5.32 Å². The van der Waals surface area contributed by atoms with Crippen LogP contribution in [0.2, 0.25) is 0 Å². The van der Waals surface area contributed by atoms with E-state index in [2.05, 4.69) is 9.84 Å². The molecular weight excluding hydrogens is 305 g/mol. The maximum Gasteiger partial charge on any atom is 0.472 e. The highest BCUT2D eigenvalue weighted by Gasteiger charge is 2.47. The third-order valence-corrected chi connectivity index (χ3v) is 4.36. The summed E-state index contributed by atoms with van der Waals surface area (Å²) in [6.07, 6.45) is -0.361. The number of methoxy groups -OCH3 is 2. The van der Waals surface area contributed by atoms with Gasteiger partial charge in [0.05, 0.1) is 17.6 Å². The molecule has 0 heterocycles. The summed E-state index contributed by atoms with van der Waals surface area (Å²) in [5.41, 5.74) is 0. The highest BCUT2D eigenvalue weighted by Crippen LogP contribution is 2.48. The minimum absolute atomic E-state index is 0.0903. The minimum Gasteiger partial charge on any atom is -0.384 e. The molecule has 0 aromatic carbocycles. The standard InChI is InChI=1S/C11H22NO6PS/c1-7(20)12-9-5-8(6-15-2)10(11(9)16-3)18-19(13,14)17-4/h8-11H,5-6H2,1-4H3,(H,12,20)(H,13,14)/t8-,9-,10?,11-/m1/s1. The molecule has 1 aliphatic rings. The summed E-state index contributed by atoms with van der Waals surface area (Å²) in [7, 11) is 0.129. The zero-order valence-corrected chi connectivity index (χ0v) is 13.8. The molecule has 5 atom stereocenters. The van der Waals surface area contributed by atoms with Gasteiger partial charge >= 0.3 is 7.82 Å². The van der Waals surface area contributed by atoms with Gasteiger partial charge in [0.1, 0.15) is 12.2 Å². The molecule has 0 bridgehead atoms. The minimum atomic E-state index is -4.09. The number of phosphoric acid groups is 1. The Balaban J connectivity index is 2.89. The molecule has 0 spiro atoms. The van der Waals surface area contributed by atoms with Crippen LogP contribution in [0.25, 0.3) is 0 Å². The average molecular weight is 327 g/mol. The maximum atomic E-state index is 11.6. The van der Waals surface area contributed by atoms with Crippen molar-refractivity contribution in [3.05, 3.63) is 0 Å². The molecule has 20 heavy (non-hydrogen) atoms. The van der Waals surface area contributed by atoms with E-state index in [0.29, 0.717) is 18.0 Å². The number of ether oxygens (including phenoxy) is 2. The summed E-state index contributed by atoms with van der Waals surface area (Å²) in [5, 5.41) is 3.12. The van der Waals surface area contributed by atoms with Crippen LogP contribution in [0.3, 0.4) is 0 Å². The SMILES string of the molecule is COC[C@H]1C[C@@H](NC(C)=S)[C@@H](OC)C1OP(=O)(O)OC. The van der Waals surface area contributed by atoms with Crippen LogP contribution in [0, 0.1) is 5.92 Å². The molecule has 1 fully saturated rings. The lowest BCUT2D eigenvalue weighted by atomic mass is 10.1. The molecule has 2 unspecified atom stereocenters. The van der Waals surface area contributed by atoms with E-state index in [-0.39, 0.29) is 12.0 Å². The van der Waals surface area contributed by atoms with E-state index < -0.39 is 20.0 Å². The molecule has 1 saturated carbocycles. The van der Waals surface area contributed by atoms with Crippen LogP contribution in [-0.4, -0.2) is 56.1 Å². The Morgan fingerprint density at radius 2 is 2.05 bits per heavy atom. The van der Waals surface area contributed by atoms with Crippen LogP contribution in [-0.2, 0) is 23.1 Å². The number of thiocarbonyl (C=S) groups is 1. The fraction of sp³-hybridized carbons (Fsp3) is 0.909. The van der Waals surface area contributed by atoms with Gasteiger partial charge in [-0.25, -0.2) is 4.57 Å². The van der Waals surface area contributed by atoms with Gasteiger partial charge in [0.15, 0.2) is 0 Å². The Labute approximate surface area is 124 Å². The molecule has 7 nitrogen and oxygen atoms in total. The molecule has 0 amide bonds. The summed E-state index contributed by atoms with van der Waals surface area (Å²) in [5.74, 6) is -0.0903. The topological polar surface area (TPSA) is 86.2 Å². The van der Waals surface area contributed by atoms with Crippen molar-refractivity contribution in [1.29, 1.82) is 0 Å². The van der Waals surface area contributed by atoms with E-state index in [1.54, 1.807) is 14.0 Å². The van der Waals surface area contributed by atoms with E-state index in [0.717, 1.165) is 7.11 Å². The molecule has 2 N–H and O–H groups in total. The fourth-order valence-electron chi connectivity index (χ4n) is 2.51. The summed E-state index contributed by atoms with van der Waals surface area (Å²) < 4.78 is 31.9. The van der Waals surface area contributed by atoms with Crippen molar-refractivity contribution >= 4 is 25.0 Å². The van der Waals surface area contributed by atoms with Gasteiger partial charge in [0, 0.05) is 27.2 Å². The number of hydrogen-bond acceptors (Lipinski definition) is 6. The van der Waals surface area contributed by atoms with E-state index in [9.17, 15) is 9.46 Å². The van der Waals surface area contributed by atoms with Gasteiger partial charge in [-0.3, -0.25) is 9.05 Å². The van der Waals surface area contributed by atoms with E-state index in [4.69, 9.17) is 26.2 Å². The largest absolute Gasteiger partial charge is 0.472 e. The number of rotatable bonds is 7. The molecule has 0 saturated heterocycles. The Morgan fingerprint density at radius 3 is 2.50 bits per heavy atom. The highest BCUT2D eigenvalue weighted by molar-refractivity contribution is 7.80. The first-order chi connectivity index (χ1) is 9.34. The highest BCUT2D eigenvalue weighted by atomic mass is 32.1. The van der Waals surface area contributed by atoms with Crippen molar-refractivity contribution < 1.29 is 28.0 Å². The van der Waals surface area contributed by atoms with Crippen LogP contribution < -0.4 is 5.32 Å². The lowest BCUT2D eigenvalue weighted by Crippen LogP contribution is -2.43. The van der Waals surface area contributed by atoms with Gasteiger partial charge < -0.3 is 19.7 Å². The Morgan fingerprint density at radius 1 is 1.40 bits per heavy atom. The van der Waals surface area contributed by atoms with Crippen molar-refractivity contribution in [3.8, 4) is 0 Å². The monoisotopic (exact) mass is 327 g/mol. The lowest BCUT2D eigenvalue weighted by Gasteiger charge is -2.27. The van der Waals surface area contributed by atoms with Crippen molar-refractivity contribution in [2.45, 2.75) is 31.6 Å². The number of nitrogens with one attached hydrogen (secondary N) is 1. The Bertz CT molecular complexity index is 382. The summed E-state index contributed by atoms with van der Waals surface area (Å²) in [6.45, 7) is 2.16. The molecule has 1 rings (SSSR count).